The molecule has 3 rings (SSSR count). The molecule has 0 saturated carbocycles. The molecule has 2 aromatic heterocycles. The lowest BCUT2D eigenvalue weighted by Gasteiger charge is -2.14. The molecular formula is C19H22ClN5O3S. The second-order valence-corrected chi connectivity index (χ2v) is 8.63. The van der Waals surface area contributed by atoms with E-state index in [2.05, 4.69) is 33.6 Å². The average molecular weight is 436 g/mol. The molecule has 0 radical (unpaired) electrons. The Morgan fingerprint density at radius 2 is 1.97 bits per heavy atom. The van der Waals surface area contributed by atoms with E-state index in [9.17, 15) is 8.42 Å². The van der Waals surface area contributed by atoms with Crippen LogP contribution in [0.3, 0.4) is 0 Å². The minimum Gasteiger partial charge on any atom is -0.478 e. The maximum atomic E-state index is 12.8. The van der Waals surface area contributed by atoms with Crippen molar-refractivity contribution in [3.8, 4) is 17.1 Å². The van der Waals surface area contributed by atoms with Crippen molar-refractivity contribution >= 4 is 27.6 Å². The maximum absolute atomic E-state index is 12.8. The lowest BCUT2D eigenvalue weighted by Crippen LogP contribution is -2.16. The molecule has 0 saturated heterocycles. The number of halogens is 1. The minimum atomic E-state index is -4.03. The number of nitrogens with zero attached hydrogens (tertiary/aromatic N) is 4. The van der Waals surface area contributed by atoms with E-state index in [4.69, 9.17) is 16.3 Å². The first-order valence-corrected chi connectivity index (χ1v) is 10.9. The van der Waals surface area contributed by atoms with Gasteiger partial charge in [-0.2, -0.15) is 10.1 Å². The van der Waals surface area contributed by atoms with Crippen molar-refractivity contribution in [2.24, 2.45) is 7.05 Å². The standard InChI is InChI=1S/C19H22ClN5O3S/c1-5-28-17-10-15(14-9-7-6-8-13(14)12(2)3)22-19(23-17)24-29(26,27)16-11-21-25(4)18(16)20/h6-12H,5H2,1-4H3,(H,22,23,24). The van der Waals surface area contributed by atoms with Crippen LogP contribution in [0, 0.1) is 0 Å². The minimum absolute atomic E-state index is 0.0103. The summed E-state index contributed by atoms with van der Waals surface area (Å²) in [5, 5.41) is 3.86. The van der Waals surface area contributed by atoms with Crippen LogP contribution in [-0.2, 0) is 17.1 Å². The summed E-state index contributed by atoms with van der Waals surface area (Å²) in [6, 6.07) is 9.51. The third kappa shape index (κ3) is 4.51. The van der Waals surface area contributed by atoms with Gasteiger partial charge in [-0.05, 0) is 18.4 Å². The number of aryl methyl sites for hydroxylation is 1. The summed E-state index contributed by atoms with van der Waals surface area (Å²) in [6.07, 6.45) is 1.17. The van der Waals surface area contributed by atoms with Crippen LogP contribution in [-0.4, -0.2) is 34.8 Å². The Balaban J connectivity index is 2.08. The fraction of sp³-hybridized carbons (Fsp3) is 0.316. The normalized spacial score (nSPS) is 11.7. The molecule has 0 atom stereocenters. The van der Waals surface area contributed by atoms with Gasteiger partial charge < -0.3 is 4.74 Å². The molecule has 0 aliphatic carbocycles. The first-order valence-electron chi connectivity index (χ1n) is 9.04. The number of nitrogens with one attached hydrogen (secondary N) is 1. The first-order chi connectivity index (χ1) is 13.7. The third-order valence-electron chi connectivity index (χ3n) is 4.20. The van der Waals surface area contributed by atoms with E-state index in [1.54, 1.807) is 13.1 Å². The zero-order chi connectivity index (χ0) is 21.2. The highest BCUT2D eigenvalue weighted by atomic mass is 35.5. The molecule has 0 aliphatic rings. The Kier molecular flexibility index (Phi) is 6.09. The van der Waals surface area contributed by atoms with Crippen molar-refractivity contribution in [3.05, 3.63) is 47.2 Å². The van der Waals surface area contributed by atoms with Crippen LogP contribution < -0.4 is 9.46 Å². The summed E-state index contributed by atoms with van der Waals surface area (Å²) in [5.41, 5.74) is 2.52. The van der Waals surface area contributed by atoms with E-state index >= 15 is 0 Å². The fourth-order valence-corrected chi connectivity index (χ4v) is 4.20. The van der Waals surface area contributed by atoms with Gasteiger partial charge in [-0.15, -0.1) is 0 Å². The van der Waals surface area contributed by atoms with Crippen molar-refractivity contribution < 1.29 is 13.2 Å². The van der Waals surface area contributed by atoms with Gasteiger partial charge in [-0.25, -0.2) is 18.1 Å². The van der Waals surface area contributed by atoms with Crippen molar-refractivity contribution in [1.29, 1.82) is 0 Å². The monoisotopic (exact) mass is 435 g/mol. The Morgan fingerprint density at radius 3 is 2.59 bits per heavy atom. The molecule has 29 heavy (non-hydrogen) atoms. The molecule has 0 amide bonds. The van der Waals surface area contributed by atoms with E-state index in [-0.39, 0.29) is 27.8 Å². The Morgan fingerprint density at radius 1 is 1.24 bits per heavy atom. The van der Waals surface area contributed by atoms with E-state index in [1.165, 1.54) is 10.9 Å². The van der Waals surface area contributed by atoms with Gasteiger partial charge in [-0.3, -0.25) is 4.68 Å². The molecule has 3 aromatic rings. The van der Waals surface area contributed by atoms with Gasteiger partial charge in [0.25, 0.3) is 10.0 Å². The largest absolute Gasteiger partial charge is 0.478 e. The molecule has 8 nitrogen and oxygen atoms in total. The average Bonchev–Trinajstić information content (AvgIpc) is 3.01. The van der Waals surface area contributed by atoms with Crippen molar-refractivity contribution in [3.63, 3.8) is 0 Å². The number of ether oxygens (including phenoxy) is 1. The number of hydrogen-bond donors (Lipinski definition) is 1. The molecule has 0 aliphatic heterocycles. The van der Waals surface area contributed by atoms with Crippen LogP contribution in [0.2, 0.25) is 5.15 Å². The molecule has 0 fully saturated rings. The molecule has 2 heterocycles. The molecular weight excluding hydrogens is 414 g/mol. The topological polar surface area (TPSA) is 99.0 Å². The fourth-order valence-electron chi connectivity index (χ4n) is 2.82. The Hall–Kier alpha value is -2.65. The van der Waals surface area contributed by atoms with Crippen molar-refractivity contribution in [2.45, 2.75) is 31.6 Å². The lowest BCUT2D eigenvalue weighted by molar-refractivity contribution is 0.327. The predicted octanol–water partition coefficient (Wildman–Crippen LogP) is 3.85. The Labute approximate surface area is 175 Å². The predicted molar refractivity (Wildman–Crippen MR) is 112 cm³/mol. The van der Waals surface area contributed by atoms with Crippen LogP contribution in [0.25, 0.3) is 11.3 Å². The van der Waals surface area contributed by atoms with Gasteiger partial charge >= 0.3 is 0 Å². The van der Waals surface area contributed by atoms with Gasteiger partial charge in [0.05, 0.1) is 18.5 Å². The quantitative estimate of drug-likeness (QED) is 0.605. The number of sulfonamides is 1. The van der Waals surface area contributed by atoms with Gasteiger partial charge in [0.15, 0.2) is 0 Å². The van der Waals surface area contributed by atoms with Crippen LogP contribution in [0.4, 0.5) is 5.95 Å². The summed E-state index contributed by atoms with van der Waals surface area (Å²) in [7, 11) is -2.48. The number of anilines is 1. The smallest absolute Gasteiger partial charge is 0.268 e. The van der Waals surface area contributed by atoms with Crippen LogP contribution >= 0.6 is 11.6 Å². The molecule has 10 heteroatoms. The lowest BCUT2D eigenvalue weighted by atomic mass is 9.95. The molecule has 1 aromatic carbocycles. The van der Waals surface area contributed by atoms with E-state index < -0.39 is 10.0 Å². The number of aromatic nitrogens is 4. The summed E-state index contributed by atoms with van der Waals surface area (Å²) in [5.74, 6) is 0.418. The second-order valence-electron chi connectivity index (χ2n) is 6.62. The molecule has 0 unspecified atom stereocenters. The maximum Gasteiger partial charge on any atom is 0.268 e. The Bertz CT molecular complexity index is 1130. The van der Waals surface area contributed by atoms with E-state index in [0.717, 1.165) is 11.1 Å². The second kappa shape index (κ2) is 8.38. The summed E-state index contributed by atoms with van der Waals surface area (Å²) in [4.78, 5) is 8.44. The van der Waals surface area contributed by atoms with E-state index in [1.807, 2.05) is 31.2 Å². The molecule has 0 spiro atoms. The van der Waals surface area contributed by atoms with E-state index in [0.29, 0.717) is 12.3 Å². The van der Waals surface area contributed by atoms with Gasteiger partial charge in [0.1, 0.15) is 10.0 Å². The van der Waals surface area contributed by atoms with Gasteiger partial charge in [0.2, 0.25) is 11.8 Å². The first kappa shape index (κ1) is 21.1. The van der Waals surface area contributed by atoms with Crippen LogP contribution in [0.5, 0.6) is 5.88 Å². The summed E-state index contributed by atoms with van der Waals surface area (Å²) >= 11 is 6.04. The third-order valence-corrected chi connectivity index (χ3v) is 6.09. The highest BCUT2D eigenvalue weighted by molar-refractivity contribution is 7.92. The summed E-state index contributed by atoms with van der Waals surface area (Å²) in [6.45, 7) is 6.36. The SMILES string of the molecule is CCOc1cc(-c2ccccc2C(C)C)nc(NS(=O)(=O)c2cnn(C)c2Cl)n1. The van der Waals surface area contributed by atoms with Gasteiger partial charge in [-0.1, -0.05) is 49.7 Å². The molecule has 1 N–H and O–H groups in total. The van der Waals surface area contributed by atoms with Crippen molar-refractivity contribution in [1.82, 2.24) is 19.7 Å². The number of hydrogen-bond acceptors (Lipinski definition) is 6. The van der Waals surface area contributed by atoms with Crippen LogP contribution in [0.15, 0.2) is 41.4 Å². The number of rotatable bonds is 7. The molecule has 154 valence electrons. The highest BCUT2D eigenvalue weighted by Crippen LogP contribution is 2.31. The van der Waals surface area contributed by atoms with Crippen LogP contribution in [0.1, 0.15) is 32.3 Å². The summed E-state index contributed by atoms with van der Waals surface area (Å²) < 4.78 is 34.7. The number of benzene rings is 1. The molecule has 0 bridgehead atoms. The highest BCUT2D eigenvalue weighted by Gasteiger charge is 2.23. The zero-order valence-corrected chi connectivity index (χ0v) is 18.1. The van der Waals surface area contributed by atoms with Crippen molar-refractivity contribution in [2.75, 3.05) is 11.3 Å². The van der Waals surface area contributed by atoms with Gasteiger partial charge in [0, 0.05) is 18.7 Å². The zero-order valence-electron chi connectivity index (χ0n) is 16.5.